The molecule has 6 aliphatic rings. The zero-order chi connectivity index (χ0) is 50.3. The minimum Gasteiger partial charge on any atom is -0.489 e. The number of rotatable bonds is 13. The maximum atomic E-state index is 14.4. The number of fused-ring (bicyclic) bond motifs is 2. The van der Waals surface area contributed by atoms with Crippen LogP contribution in [0.4, 0.5) is 17.1 Å². The minimum atomic E-state index is -4.79. The van der Waals surface area contributed by atoms with E-state index in [0.717, 1.165) is 57.5 Å². The summed E-state index contributed by atoms with van der Waals surface area (Å²) in [5.74, 6) is -0.806. The number of nitrogens with zero attached hydrogens (tertiary/aromatic N) is 4. The van der Waals surface area contributed by atoms with Crippen molar-refractivity contribution >= 4 is 53.9 Å². The number of piperidine rings is 1. The van der Waals surface area contributed by atoms with Gasteiger partial charge in [0.2, 0.25) is 14.9 Å². The van der Waals surface area contributed by atoms with Crippen molar-refractivity contribution in [1.29, 1.82) is 0 Å². The predicted octanol–water partition coefficient (Wildman–Crippen LogP) is 9.14. The third-order valence-electron chi connectivity index (χ3n) is 16.6. The molecule has 11 rings (SSSR count). The van der Waals surface area contributed by atoms with Crippen molar-refractivity contribution in [2.45, 2.75) is 143 Å². The van der Waals surface area contributed by atoms with Crippen LogP contribution in [-0.4, -0.2) is 96.8 Å². The molecule has 17 nitrogen and oxygen atoms in total. The molecule has 4 N–H and O–H groups in total. The summed E-state index contributed by atoms with van der Waals surface area (Å²) in [6, 6.07) is 19.7. The molecule has 3 aromatic carbocycles. The second-order valence-corrected chi connectivity index (χ2v) is 25.7. The topological polar surface area (TPSA) is 226 Å². The van der Waals surface area contributed by atoms with Gasteiger partial charge in [-0.15, -0.1) is 0 Å². The van der Waals surface area contributed by atoms with Crippen LogP contribution >= 0.6 is 0 Å². The Labute approximate surface area is 420 Å². The summed E-state index contributed by atoms with van der Waals surface area (Å²) in [7, 11) is -8.73. The number of nitrogens with one attached hydrogen (secondary N) is 3. The van der Waals surface area contributed by atoms with Gasteiger partial charge in [-0.25, -0.2) is 26.5 Å². The number of H-pyrrole nitrogens is 1. The monoisotopic (exact) mass is 1020 g/mol. The van der Waals surface area contributed by atoms with Gasteiger partial charge in [-0.1, -0.05) is 38.1 Å². The first-order valence-corrected chi connectivity index (χ1v) is 28.5. The number of sulfone groups is 1. The first kappa shape index (κ1) is 48.5. The Morgan fingerprint density at radius 1 is 0.944 bits per heavy atom. The summed E-state index contributed by atoms with van der Waals surface area (Å²) < 4.78 is 70.7. The van der Waals surface area contributed by atoms with Crippen LogP contribution < -0.4 is 24.4 Å². The summed E-state index contributed by atoms with van der Waals surface area (Å²) >= 11 is 0. The predicted molar refractivity (Wildman–Crippen MR) is 272 cm³/mol. The lowest BCUT2D eigenvalue weighted by Crippen LogP contribution is -2.54. The van der Waals surface area contributed by atoms with Crippen LogP contribution in [0.2, 0.25) is 0 Å². The van der Waals surface area contributed by atoms with E-state index >= 15 is 0 Å². The summed E-state index contributed by atoms with van der Waals surface area (Å²) in [5, 5.41) is 25.8. The summed E-state index contributed by atoms with van der Waals surface area (Å²) in [4.78, 5) is 38.1. The Balaban J connectivity index is 0.853. The number of benzene rings is 3. The number of amides is 1. The number of aromatic amines is 1. The molecule has 2 aromatic heterocycles. The van der Waals surface area contributed by atoms with Gasteiger partial charge < -0.3 is 29.8 Å². The van der Waals surface area contributed by atoms with Crippen LogP contribution in [0, 0.1) is 21.4 Å². The van der Waals surface area contributed by atoms with Crippen molar-refractivity contribution in [3.8, 4) is 17.2 Å². The van der Waals surface area contributed by atoms with Crippen LogP contribution in [0.3, 0.4) is 0 Å². The van der Waals surface area contributed by atoms with Gasteiger partial charge in [0.25, 0.3) is 21.6 Å². The second-order valence-electron chi connectivity index (χ2n) is 21.9. The Morgan fingerprint density at radius 2 is 1.69 bits per heavy atom. The minimum absolute atomic E-state index is 0.0411. The number of hydrogen-bond acceptors (Lipinski definition) is 14. The Kier molecular flexibility index (Phi) is 12.3. The summed E-state index contributed by atoms with van der Waals surface area (Å²) in [5.41, 5.74) is 2.70. The molecule has 1 spiro atoms. The fraction of sp³-hybridized carbons (Fsp3) is 0.509. The lowest BCUT2D eigenvalue weighted by atomic mass is 9.59. The molecule has 5 heterocycles. The van der Waals surface area contributed by atoms with Crippen LogP contribution in [0.1, 0.15) is 131 Å². The third-order valence-corrected chi connectivity index (χ3v) is 20.1. The second kappa shape index (κ2) is 18.3. The number of likely N-dealkylation sites (tertiary alicyclic amines) is 1. The first-order chi connectivity index (χ1) is 34.4. The molecule has 5 fully saturated rings. The number of carbonyl (C=O) groups is 1. The molecule has 382 valence electrons. The van der Waals surface area contributed by atoms with E-state index in [1.807, 2.05) is 0 Å². The number of nitro benzene ring substituents is 1. The zero-order valence-electron chi connectivity index (χ0n) is 40.9. The van der Waals surface area contributed by atoms with Crippen molar-refractivity contribution < 1.29 is 41.1 Å². The van der Waals surface area contributed by atoms with E-state index in [1.54, 1.807) is 37.4 Å². The van der Waals surface area contributed by atoms with Gasteiger partial charge in [0.15, 0.2) is 17.2 Å². The quantitative estimate of drug-likeness (QED) is 0.0637. The van der Waals surface area contributed by atoms with E-state index in [4.69, 9.17) is 9.47 Å². The highest BCUT2D eigenvalue weighted by Gasteiger charge is 2.50. The highest BCUT2D eigenvalue weighted by Crippen LogP contribution is 2.55. The number of nitro groups is 1. The van der Waals surface area contributed by atoms with Gasteiger partial charge in [0.05, 0.1) is 32.3 Å². The smallest absolute Gasteiger partial charge is 0.297 e. The SMILES string of the molecule is CC(C)c1ccccc1[C@@H]1CCCN1C1CC2(CCN(c3ccc(C(=O)NS(=O)(=O)c4cc5c(c([N+](=O)[O-])c4)N[C@@H](C4CCC(C)(O)CC4)CO5)c(Oc4cc5cc[nH]c5nc4S(=O)(=O)C4CC4)c3)CC2)C1. The zero-order valence-corrected chi connectivity index (χ0v) is 42.6. The standard InChI is InChI=1S/C53H63N7O10S2/c1-32(2)39-7-4-5-8-40(39)43-9-6-22-59(43)36-29-53(30-36)19-23-58(24-20-53)35-10-13-41(45(26-35)70-47-25-34-16-21-54-49(34)56-51(47)71(65,66)37-11-12-37)50(61)57-72(67,68)38-27-44(60(63)64)48-46(28-38)69-31-42(55-48)33-14-17-52(3,62)18-15-33/h4-5,7-8,10,13,16,21,25-28,32-33,36-37,42-43,55,62H,6,9,11-12,14-15,17-20,22-24,29-31H2,1-3H3,(H,54,56)(H,57,61)/t33?,42-,43+,52?/m1/s1. The Hall–Kier alpha value is -5.76. The Bertz CT molecular complexity index is 3160. The molecule has 5 aromatic rings. The maximum Gasteiger partial charge on any atom is 0.297 e. The number of aromatic nitrogens is 2. The highest BCUT2D eigenvalue weighted by atomic mass is 32.2. The molecule has 0 bridgehead atoms. The van der Waals surface area contributed by atoms with Gasteiger partial charge in [-0.05, 0) is 143 Å². The van der Waals surface area contributed by atoms with Crippen LogP contribution in [0.15, 0.2) is 82.8 Å². The van der Waals surface area contributed by atoms with Gasteiger partial charge in [0.1, 0.15) is 18.0 Å². The van der Waals surface area contributed by atoms with Crippen molar-refractivity contribution in [3.63, 3.8) is 0 Å². The molecule has 19 heteroatoms. The summed E-state index contributed by atoms with van der Waals surface area (Å²) in [6.45, 7) is 9.03. The lowest BCUT2D eigenvalue weighted by molar-refractivity contribution is -0.384. The van der Waals surface area contributed by atoms with E-state index in [1.165, 1.54) is 30.0 Å². The molecule has 3 saturated carbocycles. The highest BCUT2D eigenvalue weighted by molar-refractivity contribution is 7.92. The molecular weight excluding hydrogens is 959 g/mol. The number of anilines is 2. The van der Waals surface area contributed by atoms with E-state index in [-0.39, 0.29) is 57.5 Å². The van der Waals surface area contributed by atoms with Crippen molar-refractivity contribution in [2.24, 2.45) is 11.3 Å². The fourth-order valence-corrected chi connectivity index (χ4v) is 14.9. The van der Waals surface area contributed by atoms with Crippen molar-refractivity contribution in [1.82, 2.24) is 19.6 Å². The van der Waals surface area contributed by atoms with Crippen LogP contribution in [0.5, 0.6) is 17.2 Å². The number of carbonyl (C=O) groups excluding carboxylic acids is 1. The third kappa shape index (κ3) is 9.19. The number of ether oxygens (including phenoxy) is 2. The first-order valence-electron chi connectivity index (χ1n) is 25.5. The van der Waals surface area contributed by atoms with Crippen molar-refractivity contribution in [2.75, 3.05) is 36.5 Å². The van der Waals surface area contributed by atoms with Crippen LogP contribution in [-0.2, 0) is 19.9 Å². The lowest BCUT2D eigenvalue weighted by Gasteiger charge is -2.56. The molecule has 0 radical (unpaired) electrons. The van der Waals surface area contributed by atoms with Gasteiger partial charge in [-0.2, -0.15) is 0 Å². The van der Waals surface area contributed by atoms with Crippen molar-refractivity contribution in [3.05, 3.63) is 99.7 Å². The maximum absolute atomic E-state index is 14.4. The Morgan fingerprint density at radius 3 is 2.42 bits per heavy atom. The molecule has 72 heavy (non-hydrogen) atoms. The van der Waals surface area contributed by atoms with E-state index in [9.17, 15) is 36.9 Å². The normalized spacial score (nSPS) is 24.6. The fourth-order valence-electron chi connectivity index (χ4n) is 12.3. The van der Waals surface area contributed by atoms with E-state index in [0.29, 0.717) is 73.2 Å². The van der Waals surface area contributed by atoms with Gasteiger partial charge in [-0.3, -0.25) is 19.8 Å². The largest absolute Gasteiger partial charge is 0.489 e. The van der Waals surface area contributed by atoms with E-state index < -0.39 is 52.1 Å². The van der Waals surface area contributed by atoms with Gasteiger partial charge >= 0.3 is 0 Å². The van der Waals surface area contributed by atoms with Gasteiger partial charge in [0, 0.05) is 60.6 Å². The summed E-state index contributed by atoms with van der Waals surface area (Å²) in [6.07, 6.45) is 11.7. The molecule has 3 aliphatic heterocycles. The number of hydrogen-bond donors (Lipinski definition) is 4. The molecule has 2 saturated heterocycles. The molecule has 3 aliphatic carbocycles. The number of pyridine rings is 1. The average Bonchev–Trinajstić information content (AvgIpc) is 3.94. The molecule has 1 amide bonds. The van der Waals surface area contributed by atoms with Crippen LogP contribution in [0.25, 0.3) is 11.0 Å². The van der Waals surface area contributed by atoms with E-state index in [2.05, 4.69) is 67.9 Å². The number of aliphatic hydroxyl groups is 1. The molecular formula is C53H63N7O10S2. The average molecular weight is 1020 g/mol. The number of sulfonamides is 1. The molecule has 2 atom stereocenters. The molecule has 0 unspecified atom stereocenters.